The van der Waals surface area contributed by atoms with Crippen molar-refractivity contribution in [1.29, 1.82) is 0 Å². The SMILES string of the molecule is NCCNC(=O)c1ccc(Cl)nc1. The van der Waals surface area contributed by atoms with Crippen LogP contribution < -0.4 is 11.1 Å². The zero-order valence-electron chi connectivity index (χ0n) is 6.96. The molecule has 5 heteroatoms. The molecular weight excluding hydrogens is 190 g/mol. The highest BCUT2D eigenvalue weighted by molar-refractivity contribution is 6.29. The van der Waals surface area contributed by atoms with Crippen molar-refractivity contribution in [3.8, 4) is 0 Å². The van der Waals surface area contributed by atoms with Crippen LogP contribution in [0.15, 0.2) is 18.3 Å². The summed E-state index contributed by atoms with van der Waals surface area (Å²) < 4.78 is 0. The fraction of sp³-hybridized carbons (Fsp3) is 0.250. The molecule has 0 saturated carbocycles. The minimum Gasteiger partial charge on any atom is -0.351 e. The molecule has 1 amide bonds. The van der Waals surface area contributed by atoms with E-state index < -0.39 is 0 Å². The van der Waals surface area contributed by atoms with E-state index in [4.69, 9.17) is 17.3 Å². The second kappa shape index (κ2) is 4.79. The molecule has 0 bridgehead atoms. The summed E-state index contributed by atoms with van der Waals surface area (Å²) in [6.07, 6.45) is 1.42. The zero-order valence-corrected chi connectivity index (χ0v) is 7.71. The van der Waals surface area contributed by atoms with Crippen LogP contribution in [-0.2, 0) is 0 Å². The van der Waals surface area contributed by atoms with Gasteiger partial charge < -0.3 is 11.1 Å². The molecule has 0 aliphatic carbocycles. The van der Waals surface area contributed by atoms with E-state index in [1.54, 1.807) is 12.1 Å². The second-order valence-corrected chi connectivity index (χ2v) is 2.80. The number of amides is 1. The van der Waals surface area contributed by atoms with Crippen LogP contribution in [0, 0.1) is 0 Å². The van der Waals surface area contributed by atoms with Gasteiger partial charge in [-0.3, -0.25) is 4.79 Å². The van der Waals surface area contributed by atoms with Gasteiger partial charge in [-0.15, -0.1) is 0 Å². The van der Waals surface area contributed by atoms with Crippen LogP contribution in [0.1, 0.15) is 10.4 Å². The molecule has 3 N–H and O–H groups in total. The first-order chi connectivity index (χ1) is 6.24. The molecule has 0 unspecified atom stereocenters. The van der Waals surface area contributed by atoms with Crippen molar-refractivity contribution < 1.29 is 4.79 Å². The van der Waals surface area contributed by atoms with Gasteiger partial charge in [0.25, 0.3) is 5.91 Å². The van der Waals surface area contributed by atoms with Crippen molar-refractivity contribution in [3.05, 3.63) is 29.0 Å². The van der Waals surface area contributed by atoms with E-state index in [-0.39, 0.29) is 5.91 Å². The minimum atomic E-state index is -0.186. The Morgan fingerprint density at radius 3 is 2.92 bits per heavy atom. The Morgan fingerprint density at radius 2 is 2.38 bits per heavy atom. The fourth-order valence-corrected chi connectivity index (χ4v) is 0.910. The van der Waals surface area contributed by atoms with Crippen LogP contribution in [0.5, 0.6) is 0 Å². The third-order valence-corrected chi connectivity index (χ3v) is 1.64. The molecule has 0 aliphatic rings. The smallest absolute Gasteiger partial charge is 0.252 e. The van der Waals surface area contributed by atoms with E-state index in [0.717, 1.165) is 0 Å². The van der Waals surface area contributed by atoms with Gasteiger partial charge in [0.15, 0.2) is 0 Å². The molecule has 1 aromatic heterocycles. The van der Waals surface area contributed by atoms with Gasteiger partial charge in [0.05, 0.1) is 5.56 Å². The zero-order chi connectivity index (χ0) is 9.68. The predicted molar refractivity (Wildman–Crippen MR) is 50.6 cm³/mol. The quantitative estimate of drug-likeness (QED) is 0.694. The third-order valence-electron chi connectivity index (χ3n) is 1.42. The first-order valence-electron chi connectivity index (χ1n) is 3.84. The number of nitrogens with one attached hydrogen (secondary N) is 1. The molecule has 13 heavy (non-hydrogen) atoms. The monoisotopic (exact) mass is 199 g/mol. The first kappa shape index (κ1) is 9.95. The van der Waals surface area contributed by atoms with E-state index >= 15 is 0 Å². The van der Waals surface area contributed by atoms with E-state index in [0.29, 0.717) is 23.8 Å². The Bertz CT molecular complexity index is 286. The summed E-state index contributed by atoms with van der Waals surface area (Å²) in [6.45, 7) is 0.883. The predicted octanol–water partition coefficient (Wildman–Crippen LogP) is 0.423. The molecule has 1 rings (SSSR count). The van der Waals surface area contributed by atoms with Crippen LogP contribution in [0.3, 0.4) is 0 Å². The molecule has 1 aromatic rings. The van der Waals surface area contributed by atoms with Crippen LogP contribution in [-0.4, -0.2) is 24.0 Å². The van der Waals surface area contributed by atoms with E-state index in [1.807, 2.05) is 0 Å². The van der Waals surface area contributed by atoms with Crippen molar-refractivity contribution in [3.63, 3.8) is 0 Å². The molecule has 0 saturated heterocycles. The van der Waals surface area contributed by atoms with Crippen LogP contribution in [0.2, 0.25) is 5.15 Å². The average molecular weight is 200 g/mol. The number of halogens is 1. The fourth-order valence-electron chi connectivity index (χ4n) is 0.798. The summed E-state index contributed by atoms with van der Waals surface area (Å²) in [5.74, 6) is -0.186. The number of hydrogen-bond acceptors (Lipinski definition) is 3. The Kier molecular flexibility index (Phi) is 3.67. The van der Waals surface area contributed by atoms with Gasteiger partial charge >= 0.3 is 0 Å². The summed E-state index contributed by atoms with van der Waals surface area (Å²) in [7, 11) is 0. The van der Waals surface area contributed by atoms with E-state index in [2.05, 4.69) is 10.3 Å². The van der Waals surface area contributed by atoms with E-state index in [9.17, 15) is 4.79 Å². The van der Waals surface area contributed by atoms with Crippen molar-refractivity contribution in [1.82, 2.24) is 10.3 Å². The lowest BCUT2D eigenvalue weighted by Crippen LogP contribution is -2.28. The number of nitrogens with two attached hydrogens (primary N) is 1. The van der Waals surface area contributed by atoms with Crippen molar-refractivity contribution in [2.75, 3.05) is 13.1 Å². The number of carbonyl (C=O) groups excluding carboxylic acids is 1. The highest BCUT2D eigenvalue weighted by Crippen LogP contribution is 2.04. The van der Waals surface area contributed by atoms with Crippen LogP contribution in [0.4, 0.5) is 0 Å². The summed E-state index contributed by atoms with van der Waals surface area (Å²) in [5, 5.41) is 2.99. The maximum absolute atomic E-state index is 11.3. The standard InChI is InChI=1S/C8H10ClN3O/c9-7-2-1-6(5-12-7)8(13)11-4-3-10/h1-2,5H,3-4,10H2,(H,11,13). The lowest BCUT2D eigenvalue weighted by atomic mass is 10.3. The van der Waals surface area contributed by atoms with Gasteiger partial charge in [-0.2, -0.15) is 0 Å². The Hall–Kier alpha value is -1.13. The molecule has 0 radical (unpaired) electrons. The number of carbonyl (C=O) groups is 1. The molecule has 0 fully saturated rings. The van der Waals surface area contributed by atoms with Gasteiger partial charge in [-0.25, -0.2) is 4.98 Å². The number of nitrogens with zero attached hydrogens (tertiary/aromatic N) is 1. The van der Waals surface area contributed by atoms with Gasteiger partial charge in [0.1, 0.15) is 5.15 Å². The lowest BCUT2D eigenvalue weighted by Gasteiger charge is -2.01. The number of aromatic nitrogens is 1. The van der Waals surface area contributed by atoms with Gasteiger partial charge in [-0.1, -0.05) is 11.6 Å². The maximum atomic E-state index is 11.3. The molecule has 0 atom stereocenters. The minimum absolute atomic E-state index is 0.186. The lowest BCUT2D eigenvalue weighted by molar-refractivity contribution is 0.0954. The molecule has 0 aliphatic heterocycles. The third kappa shape index (κ3) is 3.01. The number of pyridine rings is 1. The maximum Gasteiger partial charge on any atom is 0.252 e. The van der Waals surface area contributed by atoms with E-state index in [1.165, 1.54) is 6.20 Å². The van der Waals surface area contributed by atoms with Crippen LogP contribution in [0.25, 0.3) is 0 Å². The highest BCUT2D eigenvalue weighted by Gasteiger charge is 2.03. The molecule has 70 valence electrons. The Labute approximate surface area is 81.1 Å². The molecule has 0 spiro atoms. The van der Waals surface area contributed by atoms with Gasteiger partial charge in [0, 0.05) is 19.3 Å². The number of hydrogen-bond donors (Lipinski definition) is 2. The van der Waals surface area contributed by atoms with Gasteiger partial charge in [-0.05, 0) is 12.1 Å². The van der Waals surface area contributed by atoms with Crippen molar-refractivity contribution in [2.45, 2.75) is 0 Å². The summed E-state index contributed by atoms with van der Waals surface area (Å²) in [4.78, 5) is 15.0. The first-order valence-corrected chi connectivity index (χ1v) is 4.21. The topological polar surface area (TPSA) is 68.0 Å². The Morgan fingerprint density at radius 1 is 1.62 bits per heavy atom. The summed E-state index contributed by atoms with van der Waals surface area (Å²) in [5.41, 5.74) is 5.71. The molecule has 0 aromatic carbocycles. The molecule has 4 nitrogen and oxygen atoms in total. The van der Waals surface area contributed by atoms with Gasteiger partial charge in [0.2, 0.25) is 0 Å². The summed E-state index contributed by atoms with van der Waals surface area (Å²) in [6, 6.07) is 3.18. The van der Waals surface area contributed by atoms with Crippen LogP contribution >= 0.6 is 11.6 Å². The number of rotatable bonds is 3. The molecule has 1 heterocycles. The largest absolute Gasteiger partial charge is 0.351 e. The van der Waals surface area contributed by atoms with Crippen molar-refractivity contribution in [2.24, 2.45) is 5.73 Å². The Balaban J connectivity index is 2.61. The van der Waals surface area contributed by atoms with Crippen molar-refractivity contribution >= 4 is 17.5 Å². The molecular formula is C8H10ClN3O. The summed E-state index contributed by atoms with van der Waals surface area (Å²) >= 11 is 5.56. The second-order valence-electron chi connectivity index (χ2n) is 2.41. The normalized spacial score (nSPS) is 9.69. The highest BCUT2D eigenvalue weighted by atomic mass is 35.5. The average Bonchev–Trinajstić information content (AvgIpc) is 2.15.